The Morgan fingerprint density at radius 2 is 2.14 bits per heavy atom. The highest BCUT2D eigenvalue weighted by molar-refractivity contribution is 5.75. The van der Waals surface area contributed by atoms with Crippen molar-refractivity contribution in [1.82, 2.24) is 19.9 Å². The lowest BCUT2D eigenvalue weighted by molar-refractivity contribution is -0.187. The molecule has 2 fully saturated rings. The van der Waals surface area contributed by atoms with Gasteiger partial charge in [0.15, 0.2) is 0 Å². The van der Waals surface area contributed by atoms with Crippen molar-refractivity contribution in [2.45, 2.75) is 36.9 Å². The standard InChI is InChI=1S/C14H15F3N4/c15-14(16,17)13(4-6-19-8-13)12-20-10-7-18-5-3-11(10)21(12)9-1-2-9/h3,5,7,9,19H,1-2,4,6,8H2. The maximum atomic E-state index is 13.8. The molecular weight excluding hydrogens is 281 g/mol. The van der Waals surface area contributed by atoms with Gasteiger partial charge in [-0.25, -0.2) is 4.98 Å². The molecule has 4 nitrogen and oxygen atoms in total. The Hall–Kier alpha value is -1.63. The maximum absolute atomic E-state index is 13.8. The van der Waals surface area contributed by atoms with Gasteiger partial charge < -0.3 is 9.88 Å². The van der Waals surface area contributed by atoms with Crippen molar-refractivity contribution in [3.05, 3.63) is 24.3 Å². The highest BCUT2D eigenvalue weighted by Gasteiger charge is 2.60. The quantitative estimate of drug-likeness (QED) is 0.926. The molecule has 1 atom stereocenters. The number of halogens is 3. The lowest BCUT2D eigenvalue weighted by Crippen LogP contribution is -2.46. The number of rotatable bonds is 2. The number of imidazole rings is 1. The van der Waals surface area contributed by atoms with Crippen molar-refractivity contribution >= 4 is 11.0 Å². The molecule has 2 aromatic heterocycles. The van der Waals surface area contributed by atoms with Crippen LogP contribution < -0.4 is 5.32 Å². The van der Waals surface area contributed by atoms with Crippen LogP contribution in [0.1, 0.15) is 31.1 Å². The highest BCUT2D eigenvalue weighted by Crippen LogP contribution is 2.49. The minimum atomic E-state index is -4.31. The molecule has 1 unspecified atom stereocenters. The molecule has 0 aromatic carbocycles. The van der Waals surface area contributed by atoms with E-state index in [4.69, 9.17) is 0 Å². The second kappa shape index (κ2) is 4.19. The van der Waals surface area contributed by atoms with Crippen LogP contribution in [0.25, 0.3) is 11.0 Å². The van der Waals surface area contributed by atoms with E-state index < -0.39 is 11.6 Å². The normalized spacial score (nSPS) is 26.6. The van der Waals surface area contributed by atoms with Gasteiger partial charge in [0.1, 0.15) is 16.8 Å². The highest BCUT2D eigenvalue weighted by atomic mass is 19.4. The molecule has 1 N–H and O–H groups in total. The van der Waals surface area contributed by atoms with E-state index in [0.717, 1.165) is 18.4 Å². The predicted molar refractivity (Wildman–Crippen MR) is 71.0 cm³/mol. The molecule has 0 spiro atoms. The maximum Gasteiger partial charge on any atom is 0.402 e. The van der Waals surface area contributed by atoms with E-state index in [1.165, 1.54) is 0 Å². The van der Waals surface area contributed by atoms with Gasteiger partial charge in [0.05, 0.1) is 11.7 Å². The molecule has 2 aliphatic rings. The van der Waals surface area contributed by atoms with Gasteiger partial charge in [-0.2, -0.15) is 13.2 Å². The van der Waals surface area contributed by atoms with Crippen LogP contribution in [-0.4, -0.2) is 33.8 Å². The zero-order valence-corrected chi connectivity index (χ0v) is 11.3. The summed E-state index contributed by atoms with van der Waals surface area (Å²) in [6, 6.07) is 1.91. The molecular formula is C14H15F3N4. The van der Waals surface area contributed by atoms with Crippen LogP contribution in [0, 0.1) is 0 Å². The number of fused-ring (bicyclic) bond motifs is 1. The van der Waals surface area contributed by atoms with E-state index in [0.29, 0.717) is 12.1 Å². The molecule has 0 amide bonds. The van der Waals surface area contributed by atoms with E-state index in [-0.39, 0.29) is 24.8 Å². The summed E-state index contributed by atoms with van der Waals surface area (Å²) in [5.74, 6) is 0.158. The van der Waals surface area contributed by atoms with Gasteiger partial charge in [-0.3, -0.25) is 4.98 Å². The second-order valence-electron chi connectivity index (χ2n) is 5.91. The third-order valence-electron chi connectivity index (χ3n) is 4.53. The van der Waals surface area contributed by atoms with Crippen molar-refractivity contribution in [3.63, 3.8) is 0 Å². The number of hydrogen-bond donors (Lipinski definition) is 1. The topological polar surface area (TPSA) is 42.7 Å². The molecule has 7 heteroatoms. The summed E-state index contributed by atoms with van der Waals surface area (Å²) in [5.41, 5.74) is -0.567. The summed E-state index contributed by atoms with van der Waals surface area (Å²) >= 11 is 0. The largest absolute Gasteiger partial charge is 0.402 e. The molecule has 0 radical (unpaired) electrons. The summed E-state index contributed by atoms with van der Waals surface area (Å²) in [5, 5.41) is 2.86. The van der Waals surface area contributed by atoms with E-state index in [1.807, 2.05) is 0 Å². The number of nitrogens with one attached hydrogen (secondary N) is 1. The number of nitrogens with zero attached hydrogens (tertiary/aromatic N) is 3. The Kier molecular flexibility index (Phi) is 2.61. The van der Waals surface area contributed by atoms with Crippen molar-refractivity contribution in [2.75, 3.05) is 13.1 Å². The Bertz CT molecular complexity index is 681. The average Bonchev–Trinajstić information content (AvgIpc) is 3.03. The fourth-order valence-corrected chi connectivity index (χ4v) is 3.24. The minimum absolute atomic E-state index is 0.0416. The molecule has 2 aromatic rings. The van der Waals surface area contributed by atoms with Gasteiger partial charge in [-0.1, -0.05) is 0 Å². The van der Waals surface area contributed by atoms with Gasteiger partial charge in [0.25, 0.3) is 0 Å². The summed E-state index contributed by atoms with van der Waals surface area (Å²) in [6.07, 6.45) is 0.728. The Labute approximate surface area is 119 Å². The van der Waals surface area contributed by atoms with Gasteiger partial charge in [0, 0.05) is 18.8 Å². The molecule has 1 aliphatic heterocycles. The monoisotopic (exact) mass is 296 g/mol. The first-order chi connectivity index (χ1) is 10.0. The zero-order chi connectivity index (χ0) is 14.7. The summed E-state index contributed by atoms with van der Waals surface area (Å²) in [4.78, 5) is 8.32. The number of hydrogen-bond acceptors (Lipinski definition) is 3. The fraction of sp³-hybridized carbons (Fsp3) is 0.571. The third-order valence-corrected chi connectivity index (χ3v) is 4.53. The van der Waals surface area contributed by atoms with Gasteiger partial charge in [0.2, 0.25) is 0 Å². The molecule has 112 valence electrons. The summed E-state index contributed by atoms with van der Waals surface area (Å²) in [6.45, 7) is 0.269. The molecule has 0 bridgehead atoms. The van der Waals surface area contributed by atoms with E-state index in [2.05, 4.69) is 15.3 Å². The molecule has 1 aliphatic carbocycles. The average molecular weight is 296 g/mol. The smallest absolute Gasteiger partial charge is 0.324 e. The van der Waals surface area contributed by atoms with Crippen LogP contribution in [0.15, 0.2) is 18.5 Å². The molecule has 4 rings (SSSR count). The second-order valence-corrected chi connectivity index (χ2v) is 5.91. The summed E-state index contributed by atoms with van der Waals surface area (Å²) in [7, 11) is 0. The minimum Gasteiger partial charge on any atom is -0.324 e. The number of aromatic nitrogens is 3. The zero-order valence-electron chi connectivity index (χ0n) is 11.3. The Balaban J connectivity index is 1.98. The van der Waals surface area contributed by atoms with Gasteiger partial charge in [-0.05, 0) is 31.9 Å². The Morgan fingerprint density at radius 3 is 2.76 bits per heavy atom. The van der Waals surface area contributed by atoms with Crippen molar-refractivity contribution in [3.8, 4) is 0 Å². The van der Waals surface area contributed by atoms with Crippen molar-refractivity contribution in [1.29, 1.82) is 0 Å². The van der Waals surface area contributed by atoms with Crippen LogP contribution in [-0.2, 0) is 5.41 Å². The molecule has 1 saturated carbocycles. The lowest BCUT2D eigenvalue weighted by Gasteiger charge is -2.31. The number of pyridine rings is 1. The fourth-order valence-electron chi connectivity index (χ4n) is 3.24. The first-order valence-electron chi connectivity index (χ1n) is 7.13. The van der Waals surface area contributed by atoms with E-state index in [9.17, 15) is 13.2 Å². The molecule has 3 heterocycles. The van der Waals surface area contributed by atoms with Crippen LogP contribution in [0.3, 0.4) is 0 Å². The van der Waals surface area contributed by atoms with Crippen molar-refractivity contribution < 1.29 is 13.2 Å². The van der Waals surface area contributed by atoms with Crippen LogP contribution in [0.5, 0.6) is 0 Å². The lowest BCUT2D eigenvalue weighted by atomic mass is 9.85. The van der Waals surface area contributed by atoms with E-state index >= 15 is 0 Å². The predicted octanol–water partition coefficient (Wildman–Crippen LogP) is 2.56. The molecule has 1 saturated heterocycles. The first kappa shape index (κ1) is 13.1. The van der Waals surface area contributed by atoms with Crippen LogP contribution >= 0.6 is 0 Å². The Morgan fingerprint density at radius 1 is 1.33 bits per heavy atom. The SMILES string of the molecule is FC(F)(F)C1(c2nc3cnccc3n2C2CC2)CCNC1. The van der Waals surface area contributed by atoms with Gasteiger partial charge >= 0.3 is 6.18 Å². The van der Waals surface area contributed by atoms with Crippen LogP contribution in [0.2, 0.25) is 0 Å². The molecule has 21 heavy (non-hydrogen) atoms. The van der Waals surface area contributed by atoms with Gasteiger partial charge in [-0.15, -0.1) is 0 Å². The number of alkyl halides is 3. The summed E-state index contributed by atoms with van der Waals surface area (Å²) < 4.78 is 43.2. The third kappa shape index (κ3) is 1.79. The van der Waals surface area contributed by atoms with Crippen LogP contribution in [0.4, 0.5) is 13.2 Å². The first-order valence-corrected chi connectivity index (χ1v) is 7.13. The van der Waals surface area contributed by atoms with Crippen molar-refractivity contribution in [2.24, 2.45) is 0 Å². The van der Waals surface area contributed by atoms with E-state index in [1.54, 1.807) is 23.0 Å².